The Morgan fingerprint density at radius 1 is 0.697 bits per heavy atom. The highest BCUT2D eigenvalue weighted by Gasteiger charge is 2.54. The summed E-state index contributed by atoms with van der Waals surface area (Å²) < 4.78 is 109. The second kappa shape index (κ2) is 20.9. The Balaban J connectivity index is 0.868. The number of methoxy groups -OCH3 is 1. The number of nitrogen functional groups attached to an aromatic ring is 2. The number of nitrogens with two attached hydrogens (primary N) is 2. The number of hydrogen-bond acceptors (Lipinski definition) is 29. The van der Waals surface area contributed by atoms with E-state index in [9.17, 15) is 67.8 Å². The number of ether oxygens (including phenoxy) is 4. The van der Waals surface area contributed by atoms with E-state index in [-0.39, 0.29) is 51.2 Å². The summed E-state index contributed by atoms with van der Waals surface area (Å²) in [5.74, 6) is -0.373. The molecule has 3 saturated heterocycles. The topological polar surface area (TPSA) is 548 Å². The van der Waals surface area contributed by atoms with Crippen molar-refractivity contribution in [1.29, 1.82) is 0 Å². The number of H-pyrrole nitrogens is 2. The molecule has 0 aromatic carbocycles. The fourth-order valence-electron chi connectivity index (χ4n) is 8.45. The lowest BCUT2D eigenvalue weighted by Gasteiger charge is -2.26. The third-order valence-electron chi connectivity index (χ3n) is 11.8. The largest absolute Gasteiger partial charge is 0.490 e. The number of phosphoric ester groups is 3. The summed E-state index contributed by atoms with van der Waals surface area (Å²) in [6.45, 7) is -3.38. The zero-order chi connectivity index (χ0) is 55.0. The number of aromatic amines is 2. The number of aliphatic hydroxyl groups excluding tert-OH is 4. The molecular formula is C33H46N15O24P4+. The third-order valence-corrected chi connectivity index (χ3v) is 17.0. The molecule has 0 aliphatic carbocycles. The summed E-state index contributed by atoms with van der Waals surface area (Å²) in [7, 11) is -19.4. The molecule has 3 aliphatic heterocycles. The summed E-state index contributed by atoms with van der Waals surface area (Å²) in [6.07, 6.45) is -15.5. The number of nitrogens with one attached hydrogen (secondary N) is 3. The molecule has 0 bridgehead atoms. The molecule has 39 nitrogen and oxygen atoms in total. The predicted molar refractivity (Wildman–Crippen MR) is 244 cm³/mol. The van der Waals surface area contributed by atoms with Gasteiger partial charge in [-0.25, -0.2) is 42.8 Å². The number of anilines is 3. The number of fused-ring (bicyclic) bond motifs is 3. The molecule has 0 amide bonds. The van der Waals surface area contributed by atoms with E-state index in [0.717, 1.165) is 28.9 Å². The number of phosphoric acid groups is 4. The Morgan fingerprint density at radius 2 is 1.26 bits per heavy atom. The Kier molecular flexibility index (Phi) is 15.3. The summed E-state index contributed by atoms with van der Waals surface area (Å²) in [5, 5.41) is 46.0. The van der Waals surface area contributed by atoms with Gasteiger partial charge >= 0.3 is 36.9 Å². The fraction of sp³-hybridized carbons (Fsp3) is 0.545. The molecule has 3 aliphatic rings. The first-order chi connectivity index (χ1) is 35.7. The van der Waals surface area contributed by atoms with Gasteiger partial charge in [0.05, 0.1) is 39.5 Å². The highest BCUT2D eigenvalue weighted by Crippen LogP contribution is 2.68. The average molecular weight is 1160 g/mol. The number of imidazole rings is 3. The third kappa shape index (κ3) is 11.0. The van der Waals surface area contributed by atoms with Crippen LogP contribution in [-0.4, -0.2) is 182 Å². The first-order valence-electron chi connectivity index (χ1n) is 21.6. The molecule has 416 valence electrons. The minimum absolute atomic E-state index is 0.0219. The zero-order valence-electron chi connectivity index (χ0n) is 38.9. The number of rotatable bonds is 20. The lowest BCUT2D eigenvalue weighted by Crippen LogP contribution is -2.46. The first kappa shape index (κ1) is 55.6. The van der Waals surface area contributed by atoms with Crippen molar-refractivity contribution in [3.05, 3.63) is 46.0 Å². The van der Waals surface area contributed by atoms with E-state index in [1.54, 1.807) is 0 Å². The molecule has 3 fully saturated rings. The van der Waals surface area contributed by atoms with Gasteiger partial charge in [-0.15, -0.1) is 0 Å². The molecule has 15 N–H and O–H groups in total. The maximum absolute atomic E-state index is 13.7. The number of aryl methyl sites for hydroxylation is 1. The van der Waals surface area contributed by atoms with Gasteiger partial charge in [-0.05, 0) is 0 Å². The van der Waals surface area contributed by atoms with Crippen LogP contribution in [0.3, 0.4) is 0 Å². The summed E-state index contributed by atoms with van der Waals surface area (Å²) in [5.41, 5.74) is 9.73. The molecule has 0 radical (unpaired) electrons. The molecule has 9 rings (SSSR count). The molecule has 43 heteroatoms. The van der Waals surface area contributed by atoms with Crippen LogP contribution in [0.1, 0.15) is 18.7 Å². The van der Waals surface area contributed by atoms with Crippen molar-refractivity contribution in [1.82, 2.24) is 53.6 Å². The normalized spacial score (nSPS) is 30.2. The first-order valence-corrected chi connectivity index (χ1v) is 27.6. The maximum Gasteiger partial charge on any atom is 0.490 e. The number of aliphatic hydroxyl groups is 4. The molecule has 6 aromatic heterocycles. The van der Waals surface area contributed by atoms with Crippen LogP contribution < -0.4 is 32.5 Å². The van der Waals surface area contributed by atoms with Crippen LogP contribution in [0.4, 0.5) is 17.7 Å². The van der Waals surface area contributed by atoms with Crippen molar-refractivity contribution in [2.75, 3.05) is 50.8 Å². The molecule has 0 saturated carbocycles. The second-order valence-corrected chi connectivity index (χ2v) is 22.7. The van der Waals surface area contributed by atoms with Gasteiger partial charge in [0.2, 0.25) is 17.7 Å². The second-order valence-electron chi connectivity index (χ2n) is 16.7. The van der Waals surface area contributed by atoms with E-state index >= 15 is 0 Å². The highest BCUT2D eigenvalue weighted by molar-refractivity contribution is 7.66. The van der Waals surface area contributed by atoms with Gasteiger partial charge in [0, 0.05) is 14.2 Å². The van der Waals surface area contributed by atoms with Crippen molar-refractivity contribution in [2.24, 2.45) is 7.05 Å². The molecule has 16 atom stereocenters. The maximum atomic E-state index is 13.7. The van der Waals surface area contributed by atoms with Gasteiger partial charge in [-0.2, -0.15) is 13.6 Å². The number of hydrogen-bond donors (Lipinski definition) is 13. The molecule has 6 aromatic rings. The van der Waals surface area contributed by atoms with Crippen LogP contribution in [0.2, 0.25) is 0 Å². The summed E-state index contributed by atoms with van der Waals surface area (Å²) in [4.78, 5) is 96.2. The zero-order valence-corrected chi connectivity index (χ0v) is 42.5. The molecular weight excluding hydrogens is 1110 g/mol. The Hall–Kier alpha value is -5.15. The lowest BCUT2D eigenvalue weighted by atomic mass is 10.1. The Bertz CT molecular complexity index is 3490. The molecule has 0 spiro atoms. The van der Waals surface area contributed by atoms with E-state index in [1.807, 2.05) is 0 Å². The predicted octanol–water partition coefficient (Wildman–Crippen LogP) is -4.25. The number of nitrogens with zero attached hydrogens (tertiary/aromatic N) is 10. The average Bonchev–Trinajstić information content (AvgIpc) is 4.19. The van der Waals surface area contributed by atoms with Crippen LogP contribution >= 0.6 is 31.3 Å². The van der Waals surface area contributed by atoms with Gasteiger partial charge in [0.1, 0.15) is 66.8 Å². The quantitative estimate of drug-likeness (QED) is 0.0254. The summed E-state index contributed by atoms with van der Waals surface area (Å²) in [6, 6.07) is 0. The van der Waals surface area contributed by atoms with Gasteiger partial charge in [-0.1, -0.05) is 4.98 Å². The van der Waals surface area contributed by atoms with Gasteiger partial charge in [-0.3, -0.25) is 51.4 Å². The SMILES string of the molecule is CNc1ncnc2c1ncn2[C@@H]1O[C@H](COP(=O)(O)OP(=O)(O)OP(=O)(O)OC[C@H]2O[C@@H]([n+]3cn(C)c4c(=O)[nH]c(N)nc43)C(O)C2O)C(OP(=O)(O)OC[C@H]2O[C@@H](n3cnc4c(=O)[nH]c(N)nc43)[C@@H](O)C2O)[C@@H]1OC. The van der Waals surface area contributed by atoms with Gasteiger partial charge in [0.25, 0.3) is 17.1 Å². The van der Waals surface area contributed by atoms with Crippen LogP contribution in [-0.2, 0) is 71.0 Å². The van der Waals surface area contributed by atoms with Crippen molar-refractivity contribution in [2.45, 2.75) is 73.6 Å². The van der Waals surface area contributed by atoms with Gasteiger partial charge in [0.15, 0.2) is 41.4 Å². The van der Waals surface area contributed by atoms with E-state index in [0.29, 0.717) is 0 Å². The number of aromatic nitrogens is 12. The molecule has 9 heterocycles. The smallest absolute Gasteiger partial charge is 0.387 e. The van der Waals surface area contributed by atoms with E-state index in [1.165, 1.54) is 35.9 Å². The van der Waals surface area contributed by atoms with Crippen molar-refractivity contribution in [3.63, 3.8) is 0 Å². The van der Waals surface area contributed by atoms with Crippen LogP contribution in [0.15, 0.2) is 34.9 Å². The van der Waals surface area contributed by atoms with Crippen LogP contribution in [0, 0.1) is 0 Å². The van der Waals surface area contributed by atoms with E-state index in [4.69, 9.17) is 48.5 Å². The summed E-state index contributed by atoms with van der Waals surface area (Å²) >= 11 is 0. The molecule has 8 unspecified atom stereocenters. The van der Waals surface area contributed by atoms with Crippen molar-refractivity contribution in [3.8, 4) is 0 Å². The van der Waals surface area contributed by atoms with Crippen molar-refractivity contribution < 1.29 is 108 Å². The van der Waals surface area contributed by atoms with Crippen molar-refractivity contribution >= 4 is 82.5 Å². The standard InChI is InChI=1S/C33H45N15O24P4/c1-36-23-14-24(38-7-37-23)46(8-39-14)31-22(63-3)21(70-73(55,56)64-4-11-17(49)19(51)29(67-11)47-9-40-15-25(47)41-32(34)43-27(15)53)13(69-31)6-66-75(59,60)72-76(61,62)71-74(57,58)65-5-12-18(50)20(52)30(68-12)48-10-45(2)16-26(48)42-33(35)44-28(16)54/h7-13,17-22,29-31,49-52H,4-6H2,1-3H3,(H10-,34,35,36,37,38,41,42,43,44,53,54,55,56,57,58,59,60,61,62)/p+1/t11-,12-,13-,17?,18?,19+,20?,21?,22+,29-,30-,31-/m1/s1. The molecule has 76 heavy (non-hydrogen) atoms. The lowest BCUT2D eigenvalue weighted by molar-refractivity contribution is -0.745. The van der Waals surface area contributed by atoms with Crippen LogP contribution in [0.5, 0.6) is 0 Å². The minimum Gasteiger partial charge on any atom is -0.387 e. The highest BCUT2D eigenvalue weighted by atomic mass is 31.3. The minimum atomic E-state index is -6.20. The fourth-order valence-corrected chi connectivity index (χ4v) is 12.9. The Labute approximate surface area is 421 Å². The van der Waals surface area contributed by atoms with E-state index < -0.39 is 136 Å². The van der Waals surface area contributed by atoms with Gasteiger partial charge < -0.3 is 75.7 Å². The van der Waals surface area contributed by atoms with E-state index in [2.05, 4.69) is 53.8 Å². The Morgan fingerprint density at radius 3 is 1.92 bits per heavy atom. The monoisotopic (exact) mass is 1160 g/mol. The van der Waals surface area contributed by atoms with Crippen LogP contribution in [0.25, 0.3) is 33.5 Å².